The van der Waals surface area contributed by atoms with Gasteiger partial charge in [-0.25, -0.2) is 4.98 Å². The highest BCUT2D eigenvalue weighted by Gasteiger charge is 2.28. The summed E-state index contributed by atoms with van der Waals surface area (Å²) in [7, 11) is 1.50. The summed E-state index contributed by atoms with van der Waals surface area (Å²) in [4.78, 5) is 46.6. The summed E-state index contributed by atoms with van der Waals surface area (Å²) >= 11 is 1.40. The molecule has 0 saturated carbocycles. The Kier molecular flexibility index (Phi) is 6.59. The number of rotatable bonds is 7. The van der Waals surface area contributed by atoms with Gasteiger partial charge in [-0.15, -0.1) is 21.5 Å². The van der Waals surface area contributed by atoms with Gasteiger partial charge in [0.2, 0.25) is 11.8 Å². The lowest BCUT2D eigenvalue weighted by atomic mass is 9.90. The number of aromatic amines is 1. The Balaban J connectivity index is 1.26. The number of nitrogens with one attached hydrogen (secondary N) is 1. The zero-order valence-electron chi connectivity index (χ0n) is 18.1. The topological polar surface area (TPSA) is 118 Å². The molecule has 1 aliphatic rings. The van der Waals surface area contributed by atoms with E-state index in [0.29, 0.717) is 67.3 Å². The minimum Gasteiger partial charge on any atom is -0.480 e. The van der Waals surface area contributed by atoms with Crippen LogP contribution in [0.25, 0.3) is 10.2 Å². The summed E-state index contributed by atoms with van der Waals surface area (Å²) in [6.07, 6.45) is 2.75. The number of methoxy groups -OCH3 is 1. The predicted octanol–water partition coefficient (Wildman–Crippen LogP) is 2.54. The highest BCUT2D eigenvalue weighted by molar-refractivity contribution is 7.17. The van der Waals surface area contributed by atoms with Gasteiger partial charge >= 0.3 is 0 Å². The van der Waals surface area contributed by atoms with Gasteiger partial charge in [-0.1, -0.05) is 0 Å². The lowest BCUT2D eigenvalue weighted by Gasteiger charge is -2.31. The minimum absolute atomic E-state index is 0.0404. The van der Waals surface area contributed by atoms with Crippen LogP contribution in [0.2, 0.25) is 0 Å². The van der Waals surface area contributed by atoms with Crippen molar-refractivity contribution in [2.75, 3.05) is 20.2 Å². The average Bonchev–Trinajstić information content (AvgIpc) is 3.20. The number of Topliss-reactive ketones (excluding diaryl/α,β-unsaturated/α-hetero) is 1. The first kappa shape index (κ1) is 22.1. The van der Waals surface area contributed by atoms with E-state index in [-0.39, 0.29) is 23.2 Å². The summed E-state index contributed by atoms with van der Waals surface area (Å²) in [5.41, 5.74) is 1.94. The molecule has 0 spiro atoms. The fourth-order valence-corrected chi connectivity index (χ4v) is 4.82. The monoisotopic (exact) mass is 455 g/mol. The Hall–Kier alpha value is -3.14. The SMILES string of the molecule is COc1ccc(C(=O)C2CCN(C(=O)CCCc3nc4c(C)csc4c(=O)[nH]3)CC2)nn1. The number of piperidine rings is 1. The second-order valence-electron chi connectivity index (χ2n) is 7.94. The van der Waals surface area contributed by atoms with E-state index in [1.807, 2.05) is 17.2 Å². The van der Waals surface area contributed by atoms with Gasteiger partial charge in [0.05, 0.1) is 12.6 Å². The molecule has 1 aliphatic heterocycles. The number of carbonyl (C=O) groups is 2. The lowest BCUT2D eigenvalue weighted by molar-refractivity contribution is -0.132. The van der Waals surface area contributed by atoms with Gasteiger partial charge in [-0.05, 0) is 43.2 Å². The normalized spacial score (nSPS) is 14.6. The van der Waals surface area contributed by atoms with Crippen LogP contribution in [0.1, 0.15) is 47.6 Å². The van der Waals surface area contributed by atoms with Crippen molar-refractivity contribution in [2.45, 2.75) is 39.0 Å². The zero-order valence-corrected chi connectivity index (χ0v) is 18.9. The molecule has 0 bridgehead atoms. The highest BCUT2D eigenvalue weighted by Crippen LogP contribution is 2.23. The third-order valence-corrected chi connectivity index (χ3v) is 6.86. The quantitative estimate of drug-likeness (QED) is 0.544. The maximum atomic E-state index is 12.6. The van der Waals surface area contributed by atoms with Gasteiger partial charge < -0.3 is 14.6 Å². The fourth-order valence-electron chi connectivity index (χ4n) is 3.93. The van der Waals surface area contributed by atoms with E-state index in [1.54, 1.807) is 12.1 Å². The van der Waals surface area contributed by atoms with Crippen LogP contribution < -0.4 is 10.3 Å². The van der Waals surface area contributed by atoms with Crippen molar-refractivity contribution in [1.29, 1.82) is 0 Å². The van der Waals surface area contributed by atoms with E-state index >= 15 is 0 Å². The lowest BCUT2D eigenvalue weighted by Crippen LogP contribution is -2.40. The van der Waals surface area contributed by atoms with Crippen LogP contribution in [-0.2, 0) is 11.2 Å². The van der Waals surface area contributed by atoms with Crippen molar-refractivity contribution in [1.82, 2.24) is 25.1 Å². The van der Waals surface area contributed by atoms with Crippen molar-refractivity contribution in [3.63, 3.8) is 0 Å². The standard InChI is InChI=1S/C22H25N5O4S/c1-13-12-32-21-19(13)23-16(24-22(21)30)4-3-5-18(28)27-10-8-14(9-11-27)20(29)15-6-7-17(31-2)26-25-15/h6-7,12,14H,3-5,8-11H2,1-2H3,(H,23,24,30). The van der Waals surface area contributed by atoms with Gasteiger partial charge in [0.1, 0.15) is 16.2 Å². The number of ether oxygens (including phenoxy) is 1. The second-order valence-corrected chi connectivity index (χ2v) is 8.82. The molecule has 1 amide bonds. The maximum Gasteiger partial charge on any atom is 0.268 e. The molecule has 0 atom stereocenters. The van der Waals surface area contributed by atoms with E-state index in [0.717, 1.165) is 11.1 Å². The van der Waals surface area contributed by atoms with Crippen molar-refractivity contribution in [3.05, 3.63) is 44.9 Å². The van der Waals surface area contributed by atoms with Crippen molar-refractivity contribution in [2.24, 2.45) is 5.92 Å². The number of aromatic nitrogens is 4. The summed E-state index contributed by atoms with van der Waals surface area (Å²) in [5, 5.41) is 9.72. The number of carbonyl (C=O) groups excluding carboxylic acids is 2. The summed E-state index contributed by atoms with van der Waals surface area (Å²) < 4.78 is 5.61. The van der Waals surface area contributed by atoms with Gasteiger partial charge in [-0.2, -0.15) is 0 Å². The molecular formula is C22H25N5O4S. The van der Waals surface area contributed by atoms with Crippen LogP contribution in [-0.4, -0.2) is 57.0 Å². The first-order valence-electron chi connectivity index (χ1n) is 10.6. The molecule has 0 unspecified atom stereocenters. The van der Waals surface area contributed by atoms with Crippen LogP contribution in [0.3, 0.4) is 0 Å². The highest BCUT2D eigenvalue weighted by atomic mass is 32.1. The molecule has 4 rings (SSSR count). The number of hydrogen-bond donors (Lipinski definition) is 1. The number of thiophene rings is 1. The first-order valence-corrected chi connectivity index (χ1v) is 11.5. The molecule has 1 fully saturated rings. The molecule has 10 heteroatoms. The predicted molar refractivity (Wildman–Crippen MR) is 120 cm³/mol. The van der Waals surface area contributed by atoms with Crippen LogP contribution in [0.4, 0.5) is 0 Å². The van der Waals surface area contributed by atoms with E-state index in [1.165, 1.54) is 18.4 Å². The van der Waals surface area contributed by atoms with Crippen LogP contribution >= 0.6 is 11.3 Å². The maximum absolute atomic E-state index is 12.6. The van der Waals surface area contributed by atoms with Crippen LogP contribution in [0.5, 0.6) is 5.88 Å². The Morgan fingerprint density at radius 1 is 1.25 bits per heavy atom. The molecule has 1 saturated heterocycles. The smallest absolute Gasteiger partial charge is 0.268 e. The van der Waals surface area contributed by atoms with Crippen LogP contribution in [0.15, 0.2) is 22.3 Å². The molecule has 32 heavy (non-hydrogen) atoms. The summed E-state index contributed by atoms with van der Waals surface area (Å²) in [5.74, 6) is 0.849. The molecule has 0 radical (unpaired) electrons. The Morgan fingerprint density at radius 2 is 2.03 bits per heavy atom. The number of H-pyrrole nitrogens is 1. The molecule has 3 aromatic heterocycles. The van der Waals surface area contributed by atoms with Crippen LogP contribution in [0, 0.1) is 12.8 Å². The Morgan fingerprint density at radius 3 is 2.72 bits per heavy atom. The Bertz CT molecular complexity index is 1180. The average molecular weight is 456 g/mol. The van der Waals surface area contributed by atoms with E-state index in [2.05, 4.69) is 20.2 Å². The molecule has 3 aromatic rings. The molecule has 1 N–H and O–H groups in total. The first-order chi connectivity index (χ1) is 15.5. The number of amides is 1. The third kappa shape index (κ3) is 4.69. The Labute approximate surface area is 188 Å². The number of ketones is 1. The molecule has 168 valence electrons. The van der Waals surface area contributed by atoms with E-state index in [9.17, 15) is 14.4 Å². The van der Waals surface area contributed by atoms with Crippen molar-refractivity contribution < 1.29 is 14.3 Å². The van der Waals surface area contributed by atoms with E-state index < -0.39 is 0 Å². The number of aryl methyl sites for hydroxylation is 2. The molecular weight excluding hydrogens is 430 g/mol. The number of likely N-dealkylation sites (tertiary alicyclic amines) is 1. The number of nitrogens with zero attached hydrogens (tertiary/aromatic N) is 4. The van der Waals surface area contributed by atoms with Crippen molar-refractivity contribution in [3.8, 4) is 5.88 Å². The fraction of sp³-hybridized carbons (Fsp3) is 0.455. The largest absolute Gasteiger partial charge is 0.480 e. The molecule has 4 heterocycles. The molecule has 0 aliphatic carbocycles. The van der Waals surface area contributed by atoms with E-state index in [4.69, 9.17) is 4.74 Å². The molecule has 0 aromatic carbocycles. The number of fused-ring (bicyclic) bond motifs is 1. The third-order valence-electron chi connectivity index (χ3n) is 5.78. The number of hydrogen-bond acceptors (Lipinski definition) is 8. The second kappa shape index (κ2) is 9.56. The van der Waals surface area contributed by atoms with Gasteiger partial charge in [0.15, 0.2) is 5.78 Å². The summed E-state index contributed by atoms with van der Waals surface area (Å²) in [6, 6.07) is 3.25. The van der Waals surface area contributed by atoms with Gasteiger partial charge in [0, 0.05) is 37.9 Å². The molecule has 9 nitrogen and oxygen atoms in total. The zero-order chi connectivity index (χ0) is 22.7. The van der Waals surface area contributed by atoms with Gasteiger partial charge in [-0.3, -0.25) is 14.4 Å². The van der Waals surface area contributed by atoms with Crippen molar-refractivity contribution >= 4 is 33.2 Å². The minimum atomic E-state index is -0.156. The summed E-state index contributed by atoms with van der Waals surface area (Å²) in [6.45, 7) is 3.04. The van der Waals surface area contributed by atoms with Gasteiger partial charge in [0.25, 0.3) is 5.56 Å².